The summed E-state index contributed by atoms with van der Waals surface area (Å²) in [4.78, 5) is 0.170. The molecule has 3 rings (SSSR count). The molecule has 1 aliphatic heterocycles. The maximum absolute atomic E-state index is 12.4. The second kappa shape index (κ2) is 5.64. The molecule has 0 amide bonds. The first kappa shape index (κ1) is 14.9. The average Bonchev–Trinajstić information content (AvgIpc) is 2.88. The maximum atomic E-state index is 12.4. The topological polar surface area (TPSA) is 87.7 Å². The van der Waals surface area contributed by atoms with E-state index >= 15 is 0 Å². The van der Waals surface area contributed by atoms with Gasteiger partial charge in [-0.1, -0.05) is 6.07 Å². The average molecular weight is 318 g/mol. The fraction of sp³-hybridized carbons (Fsp3) is 0.143. The molecule has 0 fully saturated rings. The van der Waals surface area contributed by atoms with Crippen LogP contribution in [0.5, 0.6) is 0 Å². The highest BCUT2D eigenvalue weighted by atomic mass is 32.2. The first-order valence-corrected chi connectivity index (χ1v) is 8.21. The molecule has 0 saturated carbocycles. The molecular weight excluding hydrogens is 303 g/mol. The Morgan fingerprint density at radius 1 is 1.14 bits per heavy atom. The molecule has 0 aliphatic carbocycles. The van der Waals surface area contributed by atoms with Gasteiger partial charge in [-0.25, -0.2) is 8.42 Å². The van der Waals surface area contributed by atoms with Crippen LogP contribution in [0.1, 0.15) is 5.56 Å². The minimum absolute atomic E-state index is 0.170. The van der Waals surface area contributed by atoms with Crippen molar-refractivity contribution in [2.45, 2.75) is 11.5 Å². The van der Waals surface area contributed by atoms with Crippen molar-refractivity contribution in [2.75, 3.05) is 17.1 Å². The molecule has 6 nitrogen and oxygen atoms in total. The van der Waals surface area contributed by atoms with Crippen molar-refractivity contribution in [1.82, 2.24) is 0 Å². The Morgan fingerprint density at radius 2 is 1.82 bits per heavy atom. The lowest BCUT2D eigenvalue weighted by atomic mass is 9.79. The Morgan fingerprint density at radius 3 is 2.50 bits per heavy atom. The molecule has 3 N–H and O–H groups in total. The molecule has 1 aliphatic rings. The van der Waals surface area contributed by atoms with Crippen LogP contribution in [0.3, 0.4) is 0 Å². The van der Waals surface area contributed by atoms with Gasteiger partial charge in [0, 0.05) is 18.4 Å². The number of rotatable bonds is 4. The van der Waals surface area contributed by atoms with E-state index in [4.69, 9.17) is 4.65 Å². The van der Waals surface area contributed by atoms with Gasteiger partial charge in [0.1, 0.15) is 0 Å². The number of hydrogen-bond acceptors (Lipinski definition) is 5. The van der Waals surface area contributed by atoms with Gasteiger partial charge in [-0.05, 0) is 47.4 Å². The lowest BCUT2D eigenvalue weighted by molar-refractivity contribution is 0.275. The second-order valence-corrected chi connectivity index (χ2v) is 6.64. The van der Waals surface area contributed by atoms with Crippen LogP contribution in [-0.2, 0) is 21.3 Å². The molecule has 0 saturated heterocycles. The zero-order valence-corrected chi connectivity index (χ0v) is 12.7. The summed E-state index contributed by atoms with van der Waals surface area (Å²) in [5, 5.41) is 12.6. The van der Waals surface area contributed by atoms with Gasteiger partial charge in [-0.2, -0.15) is 0 Å². The summed E-state index contributed by atoms with van der Waals surface area (Å²) in [6, 6.07) is 11.4. The molecule has 0 spiro atoms. The number of nitrogens with one attached hydrogen (secondary N) is 2. The molecule has 1 heterocycles. The highest BCUT2D eigenvalue weighted by Crippen LogP contribution is 2.19. The monoisotopic (exact) mass is 318 g/mol. The second-order valence-electron chi connectivity index (χ2n) is 4.96. The first-order valence-electron chi connectivity index (χ1n) is 6.73. The van der Waals surface area contributed by atoms with Crippen molar-refractivity contribution in [1.29, 1.82) is 0 Å². The van der Waals surface area contributed by atoms with E-state index in [1.807, 2.05) is 0 Å². The molecule has 0 radical (unpaired) electrons. The fourth-order valence-corrected chi connectivity index (χ4v) is 3.34. The molecule has 2 aromatic carbocycles. The number of fused-ring (bicyclic) bond motifs is 1. The lowest BCUT2D eigenvalue weighted by Crippen LogP contribution is -2.28. The normalized spacial score (nSPS) is 13.8. The van der Waals surface area contributed by atoms with E-state index < -0.39 is 17.1 Å². The van der Waals surface area contributed by atoms with Crippen LogP contribution < -0.4 is 15.5 Å². The molecule has 22 heavy (non-hydrogen) atoms. The van der Waals surface area contributed by atoms with E-state index in [0.717, 1.165) is 11.3 Å². The third-order valence-corrected chi connectivity index (χ3v) is 4.91. The summed E-state index contributed by atoms with van der Waals surface area (Å²) in [7, 11) is -2.92. The minimum Gasteiger partial charge on any atom is -0.423 e. The van der Waals surface area contributed by atoms with Gasteiger partial charge in [0.25, 0.3) is 10.0 Å². The van der Waals surface area contributed by atoms with E-state index in [9.17, 15) is 13.4 Å². The van der Waals surface area contributed by atoms with Gasteiger partial charge in [-0.15, -0.1) is 0 Å². The zero-order chi connectivity index (χ0) is 15.7. The van der Waals surface area contributed by atoms with Crippen LogP contribution in [0.4, 0.5) is 11.4 Å². The molecule has 8 heteroatoms. The molecule has 2 aromatic rings. The van der Waals surface area contributed by atoms with Gasteiger partial charge in [0.05, 0.1) is 11.5 Å². The quantitative estimate of drug-likeness (QED) is 0.724. The first-order chi connectivity index (χ1) is 10.5. The number of sulfonamides is 1. The van der Waals surface area contributed by atoms with Crippen LogP contribution >= 0.6 is 0 Å². The Kier molecular flexibility index (Phi) is 3.82. The van der Waals surface area contributed by atoms with Gasteiger partial charge < -0.3 is 15.0 Å². The van der Waals surface area contributed by atoms with E-state index in [0.29, 0.717) is 17.8 Å². The number of anilines is 2. The van der Waals surface area contributed by atoms with Gasteiger partial charge >= 0.3 is 7.12 Å². The van der Waals surface area contributed by atoms with Crippen LogP contribution in [0.15, 0.2) is 47.4 Å². The Hall–Kier alpha value is -2.03. The maximum Gasteiger partial charge on any atom is 0.491 e. The Labute approximate surface area is 129 Å². The summed E-state index contributed by atoms with van der Waals surface area (Å²) >= 11 is 0. The summed E-state index contributed by atoms with van der Waals surface area (Å²) < 4.78 is 32.3. The Balaban J connectivity index is 1.86. The van der Waals surface area contributed by atoms with E-state index in [-0.39, 0.29) is 4.90 Å². The van der Waals surface area contributed by atoms with Crippen LogP contribution in [0, 0.1) is 0 Å². The summed E-state index contributed by atoms with van der Waals surface area (Å²) in [5.74, 6) is 0. The largest absolute Gasteiger partial charge is 0.491 e. The third-order valence-electron chi connectivity index (χ3n) is 3.51. The van der Waals surface area contributed by atoms with E-state index in [1.165, 1.54) is 12.1 Å². The third kappa shape index (κ3) is 2.80. The predicted molar refractivity (Wildman–Crippen MR) is 85.6 cm³/mol. The molecule has 0 aromatic heterocycles. The Bertz CT molecular complexity index is 793. The standard InChI is InChI=1S/C14H15BN2O4S/c1-16-11-4-6-13(7-5-11)22(19,20)17-12-3-2-10-9-21-15(18)14(10)8-12/h2-8,16-18H,9H2,1H3. The van der Waals surface area contributed by atoms with Crippen molar-refractivity contribution in [2.24, 2.45) is 0 Å². The summed E-state index contributed by atoms with van der Waals surface area (Å²) in [5.41, 5.74) is 2.66. The molecule has 0 atom stereocenters. The van der Waals surface area contributed by atoms with E-state index in [2.05, 4.69) is 10.0 Å². The number of benzene rings is 2. The minimum atomic E-state index is -3.67. The molecule has 0 unspecified atom stereocenters. The lowest BCUT2D eigenvalue weighted by Gasteiger charge is -2.10. The fourth-order valence-electron chi connectivity index (χ4n) is 2.29. The highest BCUT2D eigenvalue weighted by Gasteiger charge is 2.27. The van der Waals surface area contributed by atoms with Crippen molar-refractivity contribution >= 4 is 34.0 Å². The smallest absolute Gasteiger partial charge is 0.423 e. The van der Waals surface area contributed by atoms with Crippen molar-refractivity contribution in [3.63, 3.8) is 0 Å². The van der Waals surface area contributed by atoms with Gasteiger partial charge in [-0.3, -0.25) is 4.72 Å². The van der Waals surface area contributed by atoms with Gasteiger partial charge in [0.2, 0.25) is 0 Å². The summed E-state index contributed by atoms with van der Waals surface area (Å²) in [6.07, 6.45) is 0. The van der Waals surface area contributed by atoms with Crippen LogP contribution in [0.25, 0.3) is 0 Å². The van der Waals surface area contributed by atoms with Crippen LogP contribution in [-0.4, -0.2) is 27.6 Å². The zero-order valence-electron chi connectivity index (χ0n) is 11.9. The molecule has 0 bridgehead atoms. The summed E-state index contributed by atoms with van der Waals surface area (Å²) in [6.45, 7) is 0.328. The van der Waals surface area contributed by atoms with Crippen LogP contribution in [0.2, 0.25) is 0 Å². The van der Waals surface area contributed by atoms with Crippen molar-refractivity contribution in [3.8, 4) is 0 Å². The molecule has 114 valence electrons. The predicted octanol–water partition coefficient (Wildman–Crippen LogP) is 0.747. The van der Waals surface area contributed by atoms with Crippen molar-refractivity contribution in [3.05, 3.63) is 48.0 Å². The van der Waals surface area contributed by atoms with Crippen molar-refractivity contribution < 1.29 is 18.1 Å². The van der Waals surface area contributed by atoms with Gasteiger partial charge in [0.15, 0.2) is 0 Å². The number of hydrogen-bond donors (Lipinski definition) is 3. The highest BCUT2D eigenvalue weighted by molar-refractivity contribution is 7.92. The van der Waals surface area contributed by atoms with E-state index in [1.54, 1.807) is 37.4 Å². The SMILES string of the molecule is CNc1ccc(S(=O)(=O)Nc2ccc3c(c2)B(O)OC3)cc1. The molecular formula is C14H15BN2O4S.